The van der Waals surface area contributed by atoms with Gasteiger partial charge >= 0.3 is 5.69 Å². The van der Waals surface area contributed by atoms with Gasteiger partial charge in [0.15, 0.2) is 5.15 Å². The van der Waals surface area contributed by atoms with Crippen LogP contribution in [-0.2, 0) is 0 Å². The van der Waals surface area contributed by atoms with Crippen LogP contribution in [0.5, 0.6) is 0 Å². The predicted molar refractivity (Wildman–Crippen MR) is 93.7 cm³/mol. The SMILES string of the molecule is O=[N+]([O-])c1c(Nc2ccc(Cl)cn2)ncnc1Nc1cccnc1Cl. The van der Waals surface area contributed by atoms with Crippen molar-refractivity contribution >= 4 is 52.0 Å². The molecule has 0 aromatic carbocycles. The Hall–Kier alpha value is -3.04. The normalized spacial score (nSPS) is 10.3. The number of aromatic nitrogens is 4. The zero-order valence-electron chi connectivity index (χ0n) is 12.3. The molecule has 0 aliphatic carbocycles. The van der Waals surface area contributed by atoms with Gasteiger partial charge in [0.2, 0.25) is 11.6 Å². The molecule has 2 N–H and O–H groups in total. The molecule has 3 heterocycles. The molecule has 126 valence electrons. The number of nitro groups is 1. The molecular weight excluding hydrogens is 369 g/mol. The maximum atomic E-state index is 11.5. The van der Waals surface area contributed by atoms with Crippen LogP contribution in [0.3, 0.4) is 0 Å². The molecule has 0 spiro atoms. The number of pyridine rings is 2. The van der Waals surface area contributed by atoms with Crippen LogP contribution in [0.15, 0.2) is 43.0 Å². The first-order valence-corrected chi connectivity index (χ1v) is 7.55. The summed E-state index contributed by atoms with van der Waals surface area (Å²) in [6.07, 6.45) is 4.09. The predicted octanol–water partition coefficient (Wildman–Crippen LogP) is 3.97. The van der Waals surface area contributed by atoms with Crippen molar-refractivity contribution in [2.75, 3.05) is 10.6 Å². The second-order valence-electron chi connectivity index (χ2n) is 4.63. The maximum Gasteiger partial charge on any atom is 0.353 e. The lowest BCUT2D eigenvalue weighted by molar-refractivity contribution is -0.383. The molecule has 0 saturated heterocycles. The first-order valence-electron chi connectivity index (χ1n) is 6.80. The molecule has 9 nitrogen and oxygen atoms in total. The summed E-state index contributed by atoms with van der Waals surface area (Å²) < 4.78 is 0. The van der Waals surface area contributed by atoms with Crippen LogP contribution in [0.2, 0.25) is 10.2 Å². The number of hydrogen-bond acceptors (Lipinski definition) is 8. The van der Waals surface area contributed by atoms with Gasteiger partial charge < -0.3 is 10.6 Å². The summed E-state index contributed by atoms with van der Waals surface area (Å²) in [4.78, 5) is 26.7. The number of rotatable bonds is 5. The van der Waals surface area contributed by atoms with Crippen molar-refractivity contribution in [2.24, 2.45) is 0 Å². The Morgan fingerprint density at radius 1 is 1.00 bits per heavy atom. The Morgan fingerprint density at radius 2 is 1.76 bits per heavy atom. The van der Waals surface area contributed by atoms with E-state index in [0.29, 0.717) is 16.5 Å². The van der Waals surface area contributed by atoms with Crippen LogP contribution < -0.4 is 10.6 Å². The molecule has 0 atom stereocenters. The first kappa shape index (κ1) is 16.8. The van der Waals surface area contributed by atoms with Crippen molar-refractivity contribution < 1.29 is 4.92 Å². The molecule has 0 fully saturated rings. The Morgan fingerprint density at radius 3 is 2.40 bits per heavy atom. The summed E-state index contributed by atoms with van der Waals surface area (Å²) in [5.74, 6) is 0.278. The molecule has 3 rings (SSSR count). The molecule has 3 aromatic rings. The third-order valence-corrected chi connectivity index (χ3v) is 3.52. The minimum absolute atomic E-state index is 0.0302. The number of anilines is 4. The fourth-order valence-electron chi connectivity index (χ4n) is 1.91. The number of nitrogens with one attached hydrogen (secondary N) is 2. The van der Waals surface area contributed by atoms with E-state index in [2.05, 4.69) is 30.6 Å². The summed E-state index contributed by atoms with van der Waals surface area (Å²) in [6.45, 7) is 0. The van der Waals surface area contributed by atoms with E-state index in [1.54, 1.807) is 24.3 Å². The van der Waals surface area contributed by atoms with Crippen LogP contribution >= 0.6 is 23.2 Å². The Balaban J connectivity index is 1.98. The maximum absolute atomic E-state index is 11.5. The van der Waals surface area contributed by atoms with E-state index in [-0.39, 0.29) is 22.5 Å². The van der Waals surface area contributed by atoms with E-state index in [1.807, 2.05) is 0 Å². The van der Waals surface area contributed by atoms with Gasteiger partial charge in [0, 0.05) is 12.4 Å². The van der Waals surface area contributed by atoms with Gasteiger partial charge in [-0.05, 0) is 24.3 Å². The lowest BCUT2D eigenvalue weighted by atomic mass is 10.3. The lowest BCUT2D eigenvalue weighted by Gasteiger charge is -2.10. The van der Waals surface area contributed by atoms with E-state index in [1.165, 1.54) is 18.7 Å². The average Bonchev–Trinajstić information content (AvgIpc) is 2.59. The largest absolute Gasteiger partial charge is 0.353 e. The standard InChI is InChI=1S/C14H9Cl2N7O2/c15-8-3-4-10(18-6-8)22-14-11(23(24)25)13(19-7-20-14)21-9-2-1-5-17-12(9)16/h1-7H,(H2,18,19,20,21,22). The van der Waals surface area contributed by atoms with E-state index < -0.39 is 4.92 Å². The van der Waals surface area contributed by atoms with Gasteiger partial charge in [0.05, 0.1) is 15.6 Å². The lowest BCUT2D eigenvalue weighted by Crippen LogP contribution is -2.06. The molecule has 0 radical (unpaired) electrons. The minimum atomic E-state index is -0.606. The fourth-order valence-corrected chi connectivity index (χ4v) is 2.19. The van der Waals surface area contributed by atoms with Crippen molar-refractivity contribution in [2.45, 2.75) is 0 Å². The molecule has 3 aromatic heterocycles. The van der Waals surface area contributed by atoms with Crippen molar-refractivity contribution in [3.8, 4) is 0 Å². The minimum Gasteiger partial charge on any atom is -0.332 e. The monoisotopic (exact) mass is 377 g/mol. The highest BCUT2D eigenvalue weighted by Crippen LogP contribution is 2.33. The van der Waals surface area contributed by atoms with E-state index in [4.69, 9.17) is 23.2 Å². The molecule has 0 aliphatic heterocycles. The van der Waals surface area contributed by atoms with Gasteiger partial charge in [-0.1, -0.05) is 23.2 Å². The second kappa shape index (κ2) is 7.24. The highest BCUT2D eigenvalue weighted by molar-refractivity contribution is 6.32. The van der Waals surface area contributed by atoms with Gasteiger partial charge in [0.1, 0.15) is 12.1 Å². The highest BCUT2D eigenvalue weighted by Gasteiger charge is 2.24. The number of hydrogen-bond donors (Lipinski definition) is 2. The topological polar surface area (TPSA) is 119 Å². The van der Waals surface area contributed by atoms with Crippen LogP contribution in [0.25, 0.3) is 0 Å². The molecule has 25 heavy (non-hydrogen) atoms. The summed E-state index contributed by atoms with van der Waals surface area (Å²) in [7, 11) is 0. The zero-order valence-corrected chi connectivity index (χ0v) is 13.9. The van der Waals surface area contributed by atoms with Crippen molar-refractivity contribution in [1.29, 1.82) is 0 Å². The van der Waals surface area contributed by atoms with Crippen molar-refractivity contribution in [3.63, 3.8) is 0 Å². The highest BCUT2D eigenvalue weighted by atomic mass is 35.5. The van der Waals surface area contributed by atoms with Gasteiger partial charge in [-0.3, -0.25) is 10.1 Å². The molecule has 0 amide bonds. The average molecular weight is 378 g/mol. The smallest absolute Gasteiger partial charge is 0.332 e. The fraction of sp³-hybridized carbons (Fsp3) is 0. The second-order valence-corrected chi connectivity index (χ2v) is 5.42. The molecule has 0 aliphatic rings. The van der Waals surface area contributed by atoms with Gasteiger partial charge in [-0.2, -0.15) is 0 Å². The molecule has 11 heteroatoms. The van der Waals surface area contributed by atoms with E-state index in [0.717, 1.165) is 0 Å². The van der Waals surface area contributed by atoms with Gasteiger partial charge in [-0.15, -0.1) is 0 Å². The molecule has 0 saturated carbocycles. The molecule has 0 unspecified atom stereocenters. The van der Waals surface area contributed by atoms with E-state index in [9.17, 15) is 10.1 Å². The summed E-state index contributed by atoms with van der Waals surface area (Å²) in [6, 6.07) is 6.42. The summed E-state index contributed by atoms with van der Waals surface area (Å²) >= 11 is 11.7. The Labute approximate surface area is 151 Å². The van der Waals surface area contributed by atoms with Gasteiger partial charge in [0.25, 0.3) is 0 Å². The number of nitrogens with zero attached hydrogens (tertiary/aromatic N) is 5. The Kier molecular flexibility index (Phi) is 4.87. The van der Waals surface area contributed by atoms with Crippen LogP contribution in [0.4, 0.5) is 28.8 Å². The molecule has 0 bridgehead atoms. The van der Waals surface area contributed by atoms with Crippen LogP contribution in [0, 0.1) is 10.1 Å². The third-order valence-electron chi connectivity index (χ3n) is 2.99. The quantitative estimate of drug-likeness (QED) is 0.389. The molecular formula is C14H9Cl2N7O2. The Bertz CT molecular complexity index is 921. The zero-order chi connectivity index (χ0) is 17.8. The third kappa shape index (κ3) is 3.90. The van der Waals surface area contributed by atoms with Gasteiger partial charge in [-0.25, -0.2) is 19.9 Å². The summed E-state index contributed by atoms with van der Waals surface area (Å²) in [5.41, 5.74) is 0.0145. The van der Waals surface area contributed by atoms with Crippen molar-refractivity contribution in [3.05, 3.63) is 63.3 Å². The van der Waals surface area contributed by atoms with Crippen LogP contribution in [0.1, 0.15) is 0 Å². The number of halogens is 2. The van der Waals surface area contributed by atoms with E-state index >= 15 is 0 Å². The summed E-state index contributed by atoms with van der Waals surface area (Å²) in [5, 5.41) is 17.7. The van der Waals surface area contributed by atoms with Crippen molar-refractivity contribution in [1.82, 2.24) is 19.9 Å². The van der Waals surface area contributed by atoms with Crippen LogP contribution in [-0.4, -0.2) is 24.9 Å². The first-order chi connectivity index (χ1) is 12.0.